The number of rotatable bonds is 3. The summed E-state index contributed by atoms with van der Waals surface area (Å²) in [4.78, 5) is 12.0. The van der Waals surface area contributed by atoms with E-state index in [1.54, 1.807) is 6.21 Å². The molecule has 6 nitrogen and oxygen atoms in total. The van der Waals surface area contributed by atoms with Gasteiger partial charge in [-0.3, -0.25) is 4.79 Å². The average Bonchev–Trinajstić information content (AvgIpc) is 2.54. The van der Waals surface area contributed by atoms with E-state index >= 15 is 0 Å². The molecule has 24 heavy (non-hydrogen) atoms. The van der Waals surface area contributed by atoms with Crippen LogP contribution in [0.25, 0.3) is 10.8 Å². The van der Waals surface area contributed by atoms with Gasteiger partial charge in [-0.05, 0) is 22.9 Å². The van der Waals surface area contributed by atoms with Crippen LogP contribution in [0.1, 0.15) is 15.9 Å². The Balaban J connectivity index is 0.00000208. The van der Waals surface area contributed by atoms with Crippen LogP contribution < -0.4 is 5.43 Å². The maximum atomic E-state index is 12.0. The Hall–Kier alpha value is -3.38. The van der Waals surface area contributed by atoms with Crippen molar-refractivity contribution in [3.8, 4) is 11.5 Å². The Bertz CT molecular complexity index is 881. The van der Waals surface area contributed by atoms with Gasteiger partial charge in [0, 0.05) is 17.2 Å². The molecule has 0 radical (unpaired) electrons. The molecule has 0 aromatic heterocycles. The monoisotopic (exact) mass is 324 g/mol. The smallest absolute Gasteiger partial charge is 0.271 e. The molecule has 0 aliphatic heterocycles. The quantitative estimate of drug-likeness (QED) is 0.507. The lowest BCUT2D eigenvalue weighted by Gasteiger charge is -2.03. The second-order valence-corrected chi connectivity index (χ2v) is 5.01. The molecule has 0 aliphatic rings. The van der Waals surface area contributed by atoms with Crippen molar-refractivity contribution in [2.45, 2.75) is 0 Å². The lowest BCUT2D eigenvalue weighted by Crippen LogP contribution is -2.17. The normalized spacial score (nSPS) is 10.5. The van der Waals surface area contributed by atoms with Crippen molar-refractivity contribution in [1.82, 2.24) is 5.43 Å². The number of hydrazone groups is 1. The van der Waals surface area contributed by atoms with Gasteiger partial charge in [-0.1, -0.05) is 42.5 Å². The third kappa shape index (κ3) is 3.68. The summed E-state index contributed by atoms with van der Waals surface area (Å²) < 4.78 is 0. The van der Waals surface area contributed by atoms with Crippen LogP contribution in [0.5, 0.6) is 11.5 Å². The number of hydrogen-bond acceptors (Lipinski definition) is 4. The SMILES string of the molecule is O.O=C(N/N=C/c1cccc2ccccc12)c1cc(O)cc(O)c1. The second kappa shape index (κ2) is 7.26. The minimum absolute atomic E-state index is 0. The van der Waals surface area contributed by atoms with Crippen molar-refractivity contribution in [2.24, 2.45) is 5.10 Å². The lowest BCUT2D eigenvalue weighted by atomic mass is 10.1. The van der Waals surface area contributed by atoms with Gasteiger partial charge >= 0.3 is 0 Å². The summed E-state index contributed by atoms with van der Waals surface area (Å²) in [6.45, 7) is 0. The molecule has 1 amide bonds. The average molecular weight is 324 g/mol. The van der Waals surface area contributed by atoms with Crippen LogP contribution in [0.2, 0.25) is 0 Å². The van der Waals surface area contributed by atoms with Crippen molar-refractivity contribution in [1.29, 1.82) is 0 Å². The Kier molecular flexibility index (Phi) is 5.13. The topological polar surface area (TPSA) is 113 Å². The summed E-state index contributed by atoms with van der Waals surface area (Å²) >= 11 is 0. The van der Waals surface area contributed by atoms with E-state index in [9.17, 15) is 15.0 Å². The molecule has 3 rings (SSSR count). The van der Waals surface area contributed by atoms with Crippen LogP contribution in [-0.2, 0) is 0 Å². The summed E-state index contributed by atoms with van der Waals surface area (Å²) in [6, 6.07) is 17.3. The first-order chi connectivity index (χ1) is 11.1. The first-order valence-corrected chi connectivity index (χ1v) is 6.98. The van der Waals surface area contributed by atoms with Gasteiger partial charge in [0.05, 0.1) is 6.21 Å². The van der Waals surface area contributed by atoms with Gasteiger partial charge < -0.3 is 15.7 Å². The van der Waals surface area contributed by atoms with E-state index in [2.05, 4.69) is 10.5 Å². The molecule has 0 saturated carbocycles. The molecule has 0 bridgehead atoms. The van der Waals surface area contributed by atoms with Crippen LogP contribution in [-0.4, -0.2) is 27.8 Å². The summed E-state index contributed by atoms with van der Waals surface area (Å²) in [5.41, 5.74) is 3.37. The van der Waals surface area contributed by atoms with E-state index in [1.165, 1.54) is 12.1 Å². The molecule has 3 aromatic rings. The van der Waals surface area contributed by atoms with Crippen molar-refractivity contribution in [2.75, 3.05) is 0 Å². The van der Waals surface area contributed by atoms with E-state index in [0.29, 0.717) is 0 Å². The minimum Gasteiger partial charge on any atom is -0.508 e. The number of fused-ring (bicyclic) bond motifs is 1. The Morgan fingerprint density at radius 1 is 0.958 bits per heavy atom. The molecule has 5 N–H and O–H groups in total. The lowest BCUT2D eigenvalue weighted by molar-refractivity contribution is 0.0954. The maximum absolute atomic E-state index is 12.0. The molecule has 122 valence electrons. The molecule has 0 atom stereocenters. The molecule has 0 spiro atoms. The molecule has 3 aromatic carbocycles. The van der Waals surface area contributed by atoms with Crippen LogP contribution in [0.3, 0.4) is 0 Å². The van der Waals surface area contributed by atoms with Gasteiger partial charge in [0.2, 0.25) is 0 Å². The van der Waals surface area contributed by atoms with Gasteiger partial charge in [0.15, 0.2) is 0 Å². The summed E-state index contributed by atoms with van der Waals surface area (Å²) in [7, 11) is 0. The van der Waals surface area contributed by atoms with Crippen LogP contribution in [0.15, 0.2) is 65.8 Å². The number of carbonyl (C=O) groups excluding carboxylic acids is 1. The van der Waals surface area contributed by atoms with Crippen LogP contribution in [0.4, 0.5) is 0 Å². The van der Waals surface area contributed by atoms with E-state index in [1.807, 2.05) is 42.5 Å². The van der Waals surface area contributed by atoms with Crippen LogP contribution >= 0.6 is 0 Å². The third-order valence-electron chi connectivity index (χ3n) is 3.36. The number of carbonyl (C=O) groups is 1. The molecule has 0 saturated heterocycles. The zero-order valence-corrected chi connectivity index (χ0v) is 12.6. The van der Waals surface area contributed by atoms with E-state index < -0.39 is 5.91 Å². The van der Waals surface area contributed by atoms with Crippen molar-refractivity contribution >= 4 is 22.9 Å². The number of hydrogen-bond donors (Lipinski definition) is 3. The summed E-state index contributed by atoms with van der Waals surface area (Å²) in [5, 5.41) is 24.8. The van der Waals surface area contributed by atoms with Gasteiger partial charge in [-0.2, -0.15) is 5.10 Å². The summed E-state index contributed by atoms with van der Waals surface area (Å²) in [6.07, 6.45) is 1.56. The number of phenolic OH excluding ortho intramolecular Hbond substituents is 2. The fourth-order valence-electron chi connectivity index (χ4n) is 2.31. The Labute approximate surface area is 138 Å². The highest BCUT2D eigenvalue weighted by molar-refractivity contribution is 6.00. The number of nitrogens with zero attached hydrogens (tertiary/aromatic N) is 1. The number of phenols is 2. The van der Waals surface area contributed by atoms with Gasteiger partial charge in [0.1, 0.15) is 11.5 Å². The molecule has 0 aliphatic carbocycles. The minimum atomic E-state index is -0.521. The zero-order valence-electron chi connectivity index (χ0n) is 12.6. The predicted molar refractivity (Wildman–Crippen MR) is 92.4 cm³/mol. The standard InChI is InChI=1S/C18H14N2O3.H2O/c21-15-8-14(9-16(22)10-15)18(23)20-19-11-13-6-3-5-12-4-1-2-7-17(12)13;/h1-11,21-22H,(H,20,23);1H2/b19-11+;. The summed E-state index contributed by atoms with van der Waals surface area (Å²) in [5.74, 6) is -0.894. The maximum Gasteiger partial charge on any atom is 0.271 e. The van der Waals surface area contributed by atoms with Crippen molar-refractivity contribution in [3.05, 3.63) is 71.8 Å². The van der Waals surface area contributed by atoms with Gasteiger partial charge in [0.25, 0.3) is 5.91 Å². The van der Waals surface area contributed by atoms with Gasteiger partial charge in [-0.15, -0.1) is 0 Å². The van der Waals surface area contributed by atoms with Gasteiger partial charge in [-0.25, -0.2) is 5.43 Å². The molecular weight excluding hydrogens is 308 g/mol. The second-order valence-electron chi connectivity index (χ2n) is 5.01. The van der Waals surface area contributed by atoms with E-state index in [0.717, 1.165) is 22.4 Å². The van der Waals surface area contributed by atoms with Crippen LogP contribution in [0, 0.1) is 0 Å². The third-order valence-corrected chi connectivity index (χ3v) is 3.36. The Morgan fingerprint density at radius 2 is 1.62 bits per heavy atom. The predicted octanol–water partition coefficient (Wildman–Crippen LogP) is 2.19. The fraction of sp³-hybridized carbons (Fsp3) is 0. The van der Waals surface area contributed by atoms with E-state index in [-0.39, 0.29) is 22.5 Å². The highest BCUT2D eigenvalue weighted by Gasteiger charge is 2.07. The first kappa shape index (κ1) is 17.0. The van der Waals surface area contributed by atoms with E-state index in [4.69, 9.17) is 0 Å². The number of nitrogens with one attached hydrogen (secondary N) is 1. The Morgan fingerprint density at radius 3 is 2.38 bits per heavy atom. The number of aromatic hydroxyl groups is 2. The molecular formula is C18H16N2O4. The van der Waals surface area contributed by atoms with Crippen molar-refractivity contribution in [3.63, 3.8) is 0 Å². The molecule has 0 heterocycles. The highest BCUT2D eigenvalue weighted by Crippen LogP contribution is 2.20. The van der Waals surface area contributed by atoms with Crippen molar-refractivity contribution < 1.29 is 20.5 Å². The molecule has 6 heteroatoms. The molecule has 0 fully saturated rings. The first-order valence-electron chi connectivity index (χ1n) is 6.98. The largest absolute Gasteiger partial charge is 0.508 e. The number of benzene rings is 3. The number of amides is 1. The fourth-order valence-corrected chi connectivity index (χ4v) is 2.31. The highest BCUT2D eigenvalue weighted by atomic mass is 16.3. The zero-order chi connectivity index (χ0) is 16.2. The molecule has 0 unspecified atom stereocenters.